The van der Waals surface area contributed by atoms with Crippen LogP contribution in [-0.4, -0.2) is 39.5 Å². The number of aromatic nitrogens is 2. The molecule has 5 nitrogen and oxygen atoms in total. The van der Waals surface area contributed by atoms with Crippen molar-refractivity contribution in [2.24, 2.45) is 7.05 Å². The standard InChI is InChI=1S/C24H27F3N4O/c1-30-21-8-3-2-7-20(21)29-22(30)12-14-31-19(9-10-23(31)32)11-13-28-16-17-5-4-6-18(15-17)24(25,26)27/h2-8,15,19,28H,9-14,16H2,1H3/t19-/m0/s1. The summed E-state index contributed by atoms with van der Waals surface area (Å²) in [5, 5.41) is 3.22. The van der Waals surface area contributed by atoms with Gasteiger partial charge in [0, 0.05) is 39.0 Å². The fourth-order valence-corrected chi connectivity index (χ4v) is 4.40. The van der Waals surface area contributed by atoms with Gasteiger partial charge in [0.25, 0.3) is 0 Å². The summed E-state index contributed by atoms with van der Waals surface area (Å²) in [6.07, 6.45) is -1.52. The second kappa shape index (κ2) is 9.32. The average Bonchev–Trinajstić information content (AvgIpc) is 3.28. The van der Waals surface area contributed by atoms with Crippen molar-refractivity contribution in [3.05, 3.63) is 65.5 Å². The lowest BCUT2D eigenvalue weighted by Crippen LogP contribution is -2.36. The van der Waals surface area contributed by atoms with Crippen molar-refractivity contribution in [2.45, 2.75) is 44.4 Å². The highest BCUT2D eigenvalue weighted by atomic mass is 19.4. The number of halogens is 3. The summed E-state index contributed by atoms with van der Waals surface area (Å²) in [6.45, 7) is 1.62. The van der Waals surface area contributed by atoms with Gasteiger partial charge in [0.1, 0.15) is 5.82 Å². The molecular formula is C24H27F3N4O. The predicted octanol–water partition coefficient (Wildman–Crippen LogP) is 4.31. The molecule has 3 aromatic rings. The van der Waals surface area contributed by atoms with Crippen LogP contribution in [0.15, 0.2) is 48.5 Å². The Labute approximate surface area is 185 Å². The molecule has 1 saturated heterocycles. The summed E-state index contributed by atoms with van der Waals surface area (Å²) in [4.78, 5) is 19.0. The maximum Gasteiger partial charge on any atom is 0.416 e. The van der Waals surface area contributed by atoms with E-state index in [2.05, 4.69) is 14.9 Å². The van der Waals surface area contributed by atoms with E-state index < -0.39 is 11.7 Å². The molecule has 8 heteroatoms. The first-order chi connectivity index (χ1) is 15.3. The minimum Gasteiger partial charge on any atom is -0.339 e. The maximum absolute atomic E-state index is 12.9. The number of carbonyl (C=O) groups excluding carboxylic acids is 1. The Bertz CT molecular complexity index is 1090. The minimum absolute atomic E-state index is 0.145. The maximum atomic E-state index is 12.9. The molecule has 2 heterocycles. The third-order valence-corrected chi connectivity index (χ3v) is 6.15. The Hall–Kier alpha value is -2.87. The number of rotatable bonds is 8. The van der Waals surface area contributed by atoms with Gasteiger partial charge in [-0.15, -0.1) is 0 Å². The topological polar surface area (TPSA) is 50.2 Å². The fourth-order valence-electron chi connectivity index (χ4n) is 4.40. The molecule has 1 aromatic heterocycles. The zero-order valence-electron chi connectivity index (χ0n) is 18.0. The molecule has 0 aliphatic carbocycles. The van der Waals surface area contributed by atoms with E-state index in [0.29, 0.717) is 38.0 Å². The van der Waals surface area contributed by atoms with Crippen molar-refractivity contribution in [1.29, 1.82) is 0 Å². The Morgan fingerprint density at radius 3 is 2.75 bits per heavy atom. The van der Waals surface area contributed by atoms with Crippen molar-refractivity contribution < 1.29 is 18.0 Å². The van der Waals surface area contributed by atoms with Gasteiger partial charge >= 0.3 is 6.18 Å². The molecule has 4 rings (SSSR count). The largest absolute Gasteiger partial charge is 0.416 e. The highest BCUT2D eigenvalue weighted by Gasteiger charge is 2.31. The molecular weight excluding hydrogens is 417 g/mol. The summed E-state index contributed by atoms with van der Waals surface area (Å²) >= 11 is 0. The third-order valence-electron chi connectivity index (χ3n) is 6.15. The van der Waals surface area contributed by atoms with Crippen LogP contribution in [0.5, 0.6) is 0 Å². The van der Waals surface area contributed by atoms with Crippen molar-refractivity contribution in [1.82, 2.24) is 19.8 Å². The number of alkyl halides is 3. The lowest BCUT2D eigenvalue weighted by atomic mass is 10.1. The smallest absolute Gasteiger partial charge is 0.339 e. The normalized spacial score (nSPS) is 16.9. The molecule has 0 radical (unpaired) electrons. The molecule has 0 unspecified atom stereocenters. The van der Waals surface area contributed by atoms with E-state index in [0.717, 1.165) is 35.8 Å². The molecule has 170 valence electrons. The number of hydrogen-bond donors (Lipinski definition) is 1. The first-order valence-corrected chi connectivity index (χ1v) is 10.9. The van der Waals surface area contributed by atoms with E-state index in [4.69, 9.17) is 0 Å². The van der Waals surface area contributed by atoms with Crippen molar-refractivity contribution >= 4 is 16.9 Å². The number of aryl methyl sites for hydroxylation is 1. The number of nitrogens with zero attached hydrogens (tertiary/aromatic N) is 3. The molecule has 1 N–H and O–H groups in total. The number of fused-ring (bicyclic) bond motifs is 1. The summed E-state index contributed by atoms with van der Waals surface area (Å²) in [5.74, 6) is 1.11. The number of likely N-dealkylation sites (tertiary alicyclic amines) is 1. The van der Waals surface area contributed by atoms with Crippen LogP contribution < -0.4 is 5.32 Å². The number of para-hydroxylation sites is 2. The Kier molecular flexibility index (Phi) is 6.50. The number of imidazole rings is 1. The van der Waals surface area contributed by atoms with E-state index in [9.17, 15) is 18.0 Å². The SMILES string of the molecule is Cn1c(CCN2C(=O)CC[C@H]2CCNCc2cccc(C(F)(F)F)c2)nc2ccccc21. The minimum atomic E-state index is -4.33. The van der Waals surface area contributed by atoms with Gasteiger partial charge in [-0.25, -0.2) is 4.98 Å². The van der Waals surface area contributed by atoms with Gasteiger partial charge in [0.2, 0.25) is 5.91 Å². The van der Waals surface area contributed by atoms with E-state index >= 15 is 0 Å². The molecule has 1 aliphatic heterocycles. The number of nitrogens with one attached hydrogen (secondary N) is 1. The monoisotopic (exact) mass is 444 g/mol. The summed E-state index contributed by atoms with van der Waals surface area (Å²) in [7, 11) is 1.99. The highest BCUT2D eigenvalue weighted by molar-refractivity contribution is 5.79. The Morgan fingerprint density at radius 1 is 1.16 bits per heavy atom. The second-order valence-corrected chi connectivity index (χ2v) is 8.27. The van der Waals surface area contributed by atoms with E-state index in [1.807, 2.05) is 36.2 Å². The Balaban J connectivity index is 1.29. The van der Waals surface area contributed by atoms with E-state index in [1.165, 1.54) is 12.1 Å². The van der Waals surface area contributed by atoms with Gasteiger partial charge in [0.05, 0.1) is 16.6 Å². The van der Waals surface area contributed by atoms with E-state index in [1.54, 1.807) is 6.07 Å². The van der Waals surface area contributed by atoms with Crippen LogP contribution >= 0.6 is 0 Å². The van der Waals surface area contributed by atoms with Gasteiger partial charge in [-0.05, 0) is 43.1 Å². The van der Waals surface area contributed by atoms with Crippen molar-refractivity contribution in [3.63, 3.8) is 0 Å². The van der Waals surface area contributed by atoms with Crippen LogP contribution in [0.3, 0.4) is 0 Å². The first kappa shape index (κ1) is 22.3. The molecule has 1 atom stereocenters. The van der Waals surface area contributed by atoms with Gasteiger partial charge in [0.15, 0.2) is 0 Å². The molecule has 0 bridgehead atoms. The zero-order valence-corrected chi connectivity index (χ0v) is 18.0. The lowest BCUT2D eigenvalue weighted by molar-refractivity contribution is -0.137. The summed E-state index contributed by atoms with van der Waals surface area (Å²) < 4.78 is 40.6. The van der Waals surface area contributed by atoms with Gasteiger partial charge < -0.3 is 14.8 Å². The Morgan fingerprint density at radius 2 is 1.97 bits per heavy atom. The van der Waals surface area contributed by atoms with Gasteiger partial charge in [-0.3, -0.25) is 4.79 Å². The van der Waals surface area contributed by atoms with E-state index in [-0.39, 0.29) is 11.9 Å². The number of benzene rings is 2. The molecule has 1 amide bonds. The van der Waals surface area contributed by atoms with Crippen LogP contribution in [-0.2, 0) is 31.0 Å². The molecule has 1 aliphatic rings. The molecule has 2 aromatic carbocycles. The summed E-state index contributed by atoms with van der Waals surface area (Å²) in [6, 6.07) is 13.5. The second-order valence-electron chi connectivity index (χ2n) is 8.27. The fraction of sp³-hybridized carbons (Fsp3) is 0.417. The third kappa shape index (κ3) is 4.96. The number of amides is 1. The van der Waals surface area contributed by atoms with Crippen molar-refractivity contribution in [2.75, 3.05) is 13.1 Å². The lowest BCUT2D eigenvalue weighted by Gasteiger charge is -2.25. The van der Waals surface area contributed by atoms with Crippen LogP contribution in [0.25, 0.3) is 11.0 Å². The first-order valence-electron chi connectivity index (χ1n) is 10.9. The van der Waals surface area contributed by atoms with Crippen LogP contribution in [0.4, 0.5) is 13.2 Å². The summed E-state index contributed by atoms with van der Waals surface area (Å²) in [5.41, 5.74) is 1.99. The van der Waals surface area contributed by atoms with Crippen LogP contribution in [0.2, 0.25) is 0 Å². The highest BCUT2D eigenvalue weighted by Crippen LogP contribution is 2.29. The number of hydrogen-bond acceptors (Lipinski definition) is 3. The van der Waals surface area contributed by atoms with Crippen LogP contribution in [0.1, 0.15) is 36.2 Å². The van der Waals surface area contributed by atoms with Crippen molar-refractivity contribution in [3.8, 4) is 0 Å². The molecule has 1 fully saturated rings. The van der Waals surface area contributed by atoms with Gasteiger partial charge in [-0.1, -0.05) is 30.3 Å². The molecule has 32 heavy (non-hydrogen) atoms. The molecule has 0 spiro atoms. The zero-order chi connectivity index (χ0) is 22.7. The predicted molar refractivity (Wildman–Crippen MR) is 117 cm³/mol. The number of carbonyl (C=O) groups is 1. The quantitative estimate of drug-likeness (QED) is 0.527. The van der Waals surface area contributed by atoms with Gasteiger partial charge in [-0.2, -0.15) is 13.2 Å². The average molecular weight is 445 g/mol. The molecule has 0 saturated carbocycles. The van der Waals surface area contributed by atoms with Crippen LogP contribution in [0, 0.1) is 0 Å².